The van der Waals surface area contributed by atoms with E-state index in [4.69, 9.17) is 46.4 Å². The molecule has 8 aromatic rings. The molecule has 0 atom stereocenters. The number of phenolic OH excluding ortho intramolecular Hbond substituents is 2. The molecule has 10 heteroatoms. The van der Waals surface area contributed by atoms with Crippen molar-refractivity contribution in [1.29, 1.82) is 0 Å². The van der Waals surface area contributed by atoms with Gasteiger partial charge in [0, 0.05) is 44.4 Å². The van der Waals surface area contributed by atoms with Gasteiger partial charge in [-0.15, -0.1) is 0 Å². The minimum atomic E-state index is -0.562. The van der Waals surface area contributed by atoms with Crippen LogP contribution in [0.2, 0.25) is 20.1 Å². The predicted molar refractivity (Wildman–Crippen MR) is 222 cm³/mol. The maximum Gasteiger partial charge on any atom is 0.259 e. The molecule has 0 spiro atoms. The van der Waals surface area contributed by atoms with Crippen molar-refractivity contribution >= 4 is 102 Å². The Labute approximate surface area is 329 Å². The number of hydrogen-bond donors (Lipinski definition) is 4. The number of amides is 2. The third-order valence-electron chi connectivity index (χ3n) is 9.39. The second-order valence-electron chi connectivity index (χ2n) is 12.6. The molecule has 0 aliphatic carbocycles. The number of fused-ring (bicyclic) bond motifs is 3. The summed E-state index contributed by atoms with van der Waals surface area (Å²) in [5, 5.41) is 34.4. The molecule has 0 radical (unpaired) electrons. The number of carbonyl (C=O) groups excluding carboxylic acids is 2. The van der Waals surface area contributed by atoms with Gasteiger partial charge in [-0.3, -0.25) is 9.59 Å². The minimum absolute atomic E-state index is 0.0311. The Hall–Kier alpha value is -5.76. The first-order chi connectivity index (χ1) is 26.1. The Morgan fingerprint density at radius 2 is 0.815 bits per heavy atom. The van der Waals surface area contributed by atoms with Gasteiger partial charge in [-0.25, -0.2) is 0 Å². The van der Waals surface area contributed by atoms with Gasteiger partial charge in [-0.1, -0.05) is 143 Å². The lowest BCUT2D eigenvalue weighted by molar-refractivity contribution is 0.101. The number of carbonyl (C=O) groups is 2. The first-order valence-corrected chi connectivity index (χ1v) is 18.2. The molecule has 0 aliphatic rings. The van der Waals surface area contributed by atoms with Crippen molar-refractivity contribution < 1.29 is 19.8 Å². The number of halogens is 4. The summed E-state index contributed by atoms with van der Waals surface area (Å²) in [4.78, 5) is 28.0. The molecule has 0 heterocycles. The average Bonchev–Trinajstić information content (AvgIpc) is 3.17. The van der Waals surface area contributed by atoms with E-state index in [0.29, 0.717) is 76.0 Å². The van der Waals surface area contributed by atoms with Gasteiger partial charge in [-0.2, -0.15) is 0 Å². The summed E-state index contributed by atoms with van der Waals surface area (Å²) in [6.07, 6.45) is 0. The molecule has 0 aliphatic heterocycles. The fourth-order valence-electron chi connectivity index (χ4n) is 6.87. The van der Waals surface area contributed by atoms with E-state index >= 15 is 0 Å². The van der Waals surface area contributed by atoms with Crippen molar-refractivity contribution in [2.75, 3.05) is 10.6 Å². The number of rotatable bonds is 6. The molecule has 0 fully saturated rings. The van der Waals surface area contributed by atoms with Crippen LogP contribution < -0.4 is 10.6 Å². The predicted octanol–water partition coefficient (Wildman–Crippen LogP) is 13.0. The van der Waals surface area contributed by atoms with Gasteiger partial charge < -0.3 is 20.8 Å². The van der Waals surface area contributed by atoms with Gasteiger partial charge in [0.05, 0.1) is 31.2 Å². The van der Waals surface area contributed by atoms with Crippen molar-refractivity contribution in [2.24, 2.45) is 0 Å². The van der Waals surface area contributed by atoms with Crippen LogP contribution in [0.3, 0.4) is 0 Å². The first-order valence-electron chi connectivity index (χ1n) is 16.6. The highest BCUT2D eigenvalue weighted by molar-refractivity contribution is 6.44. The Bertz CT molecular complexity index is 2660. The molecule has 8 aromatic carbocycles. The quantitative estimate of drug-likeness (QED) is 0.135. The molecule has 8 rings (SSSR count). The van der Waals surface area contributed by atoms with Crippen LogP contribution in [-0.4, -0.2) is 22.0 Å². The van der Waals surface area contributed by atoms with E-state index in [-0.39, 0.29) is 32.7 Å². The molecule has 0 saturated carbocycles. The van der Waals surface area contributed by atoms with E-state index in [2.05, 4.69) is 10.6 Å². The zero-order valence-corrected chi connectivity index (χ0v) is 30.9. The summed E-state index contributed by atoms with van der Waals surface area (Å²) in [5.41, 5.74) is 2.67. The van der Waals surface area contributed by atoms with Gasteiger partial charge in [-0.05, 0) is 57.9 Å². The largest absolute Gasteiger partial charge is 0.506 e. The Morgan fingerprint density at radius 1 is 0.444 bits per heavy atom. The molecule has 4 N–H and O–H groups in total. The highest BCUT2D eigenvalue weighted by atomic mass is 35.5. The molecular formula is C44H26Cl4N2O4. The van der Waals surface area contributed by atoms with E-state index in [0.717, 1.165) is 0 Å². The number of anilines is 2. The fourth-order valence-corrected chi connectivity index (χ4v) is 7.66. The highest BCUT2D eigenvalue weighted by Gasteiger charge is 2.24. The molecule has 54 heavy (non-hydrogen) atoms. The Morgan fingerprint density at radius 3 is 1.24 bits per heavy atom. The summed E-state index contributed by atoms with van der Waals surface area (Å²) in [5.74, 6) is -1.63. The Balaban J connectivity index is 1.16. The average molecular weight is 789 g/mol. The number of hydrogen-bond acceptors (Lipinski definition) is 4. The number of benzene rings is 8. The lowest BCUT2D eigenvalue weighted by atomic mass is 9.93. The third-order valence-corrected chi connectivity index (χ3v) is 11.0. The van der Waals surface area contributed by atoms with E-state index in [9.17, 15) is 19.8 Å². The molecule has 0 saturated heterocycles. The van der Waals surface area contributed by atoms with Crippen LogP contribution in [0.15, 0.2) is 133 Å². The standard InChI is InChI=1S/C44H26Cl4N2O4/c45-33-17-5-15-29(39(33)47)37-25-11-3-1-9-23(25)21-31(41(37)51)43(53)49-35-19-7-14-28-27(35)13-8-20-36(28)50-44(54)32-22-24-10-2-4-12-26(24)38(42(32)52)30-16-6-18-34(46)40(30)48/h1-22,51-52H,(H,49,53)(H,50,54). The van der Waals surface area contributed by atoms with Crippen LogP contribution in [-0.2, 0) is 0 Å². The molecule has 2 amide bonds. The topological polar surface area (TPSA) is 98.7 Å². The van der Waals surface area contributed by atoms with Crippen molar-refractivity contribution in [1.82, 2.24) is 0 Å². The van der Waals surface area contributed by atoms with Crippen molar-refractivity contribution in [3.63, 3.8) is 0 Å². The second-order valence-corrected chi connectivity index (χ2v) is 14.1. The van der Waals surface area contributed by atoms with Crippen LogP contribution in [0.1, 0.15) is 20.7 Å². The Kier molecular flexibility index (Phi) is 9.30. The molecule has 264 valence electrons. The van der Waals surface area contributed by atoms with E-state index < -0.39 is 11.8 Å². The van der Waals surface area contributed by atoms with Gasteiger partial charge in [0.25, 0.3) is 11.8 Å². The van der Waals surface area contributed by atoms with Crippen LogP contribution in [0.25, 0.3) is 54.6 Å². The number of phenols is 2. The molecule has 0 bridgehead atoms. The van der Waals surface area contributed by atoms with Crippen LogP contribution >= 0.6 is 46.4 Å². The van der Waals surface area contributed by atoms with Crippen LogP contribution in [0.5, 0.6) is 11.5 Å². The fraction of sp³-hybridized carbons (Fsp3) is 0. The second kappa shape index (κ2) is 14.2. The minimum Gasteiger partial charge on any atom is -0.506 e. The molecular weight excluding hydrogens is 762 g/mol. The summed E-state index contributed by atoms with van der Waals surface area (Å²) in [6.45, 7) is 0. The third kappa shape index (κ3) is 6.13. The number of aromatic hydroxyl groups is 2. The van der Waals surface area contributed by atoms with Crippen LogP contribution in [0, 0.1) is 0 Å². The smallest absolute Gasteiger partial charge is 0.259 e. The maximum absolute atomic E-state index is 14.0. The summed E-state index contributed by atoms with van der Waals surface area (Å²) < 4.78 is 0. The lowest BCUT2D eigenvalue weighted by Gasteiger charge is -2.17. The first kappa shape index (κ1) is 35.3. The number of nitrogens with one attached hydrogen (secondary N) is 2. The summed E-state index contributed by atoms with van der Waals surface area (Å²) in [7, 11) is 0. The van der Waals surface area contributed by atoms with E-state index in [1.807, 2.05) is 60.7 Å². The summed E-state index contributed by atoms with van der Waals surface area (Å²) in [6, 6.07) is 38.8. The van der Waals surface area contributed by atoms with E-state index in [1.54, 1.807) is 72.8 Å². The normalized spacial score (nSPS) is 11.3. The maximum atomic E-state index is 14.0. The van der Waals surface area contributed by atoms with Crippen molar-refractivity contribution in [2.45, 2.75) is 0 Å². The van der Waals surface area contributed by atoms with Gasteiger partial charge in [0.15, 0.2) is 0 Å². The van der Waals surface area contributed by atoms with Crippen molar-refractivity contribution in [3.05, 3.63) is 165 Å². The SMILES string of the molecule is O=C(Nc1cccc2c(NC(=O)c3cc4ccccc4c(-c4cccc(Cl)c4Cl)c3O)cccc12)c1cc2ccccc2c(-c2cccc(Cl)c2Cl)c1O. The van der Waals surface area contributed by atoms with Gasteiger partial charge in [0.1, 0.15) is 11.5 Å². The van der Waals surface area contributed by atoms with E-state index in [1.165, 1.54) is 0 Å². The zero-order valence-electron chi connectivity index (χ0n) is 27.9. The lowest BCUT2D eigenvalue weighted by Crippen LogP contribution is -2.14. The molecule has 6 nitrogen and oxygen atoms in total. The van der Waals surface area contributed by atoms with Crippen molar-refractivity contribution in [3.8, 4) is 33.8 Å². The van der Waals surface area contributed by atoms with Gasteiger partial charge >= 0.3 is 0 Å². The molecule has 0 aromatic heterocycles. The monoisotopic (exact) mass is 786 g/mol. The summed E-state index contributed by atoms with van der Waals surface area (Å²) >= 11 is 25.9. The zero-order chi connectivity index (χ0) is 37.7. The van der Waals surface area contributed by atoms with Crippen LogP contribution in [0.4, 0.5) is 11.4 Å². The highest BCUT2D eigenvalue weighted by Crippen LogP contribution is 2.46. The molecule has 0 unspecified atom stereocenters. The van der Waals surface area contributed by atoms with Gasteiger partial charge in [0.2, 0.25) is 0 Å².